The summed E-state index contributed by atoms with van der Waals surface area (Å²) in [6.45, 7) is 2.57. The summed E-state index contributed by atoms with van der Waals surface area (Å²) in [4.78, 5) is -0.312. The van der Waals surface area contributed by atoms with Crippen molar-refractivity contribution in [2.24, 2.45) is 11.1 Å². The zero-order chi connectivity index (χ0) is 14.1. The third-order valence-corrected chi connectivity index (χ3v) is 5.21. The molecule has 0 amide bonds. The highest BCUT2D eigenvalue weighted by atomic mass is 32.2. The lowest BCUT2D eigenvalue weighted by molar-refractivity contribution is 0.166. The van der Waals surface area contributed by atoms with Crippen molar-refractivity contribution in [1.82, 2.24) is 4.72 Å². The van der Waals surface area contributed by atoms with E-state index in [1.807, 2.05) is 6.92 Å². The maximum Gasteiger partial charge on any atom is 0.243 e. The molecular formula is C13H19FN2O2S. The maximum absolute atomic E-state index is 13.8. The summed E-state index contributed by atoms with van der Waals surface area (Å²) in [5, 5.41) is 0. The first-order valence-corrected chi connectivity index (χ1v) is 7.83. The van der Waals surface area contributed by atoms with Gasteiger partial charge < -0.3 is 5.73 Å². The Labute approximate surface area is 113 Å². The quantitative estimate of drug-likeness (QED) is 0.866. The minimum atomic E-state index is -3.79. The van der Waals surface area contributed by atoms with Gasteiger partial charge in [0.1, 0.15) is 10.7 Å². The molecule has 4 nitrogen and oxygen atoms in total. The van der Waals surface area contributed by atoms with Crippen molar-refractivity contribution in [3.8, 4) is 0 Å². The van der Waals surface area contributed by atoms with E-state index < -0.39 is 15.8 Å². The van der Waals surface area contributed by atoms with Crippen molar-refractivity contribution >= 4 is 10.0 Å². The third-order valence-electron chi connectivity index (χ3n) is 3.77. The molecule has 6 heteroatoms. The van der Waals surface area contributed by atoms with Crippen LogP contribution < -0.4 is 10.5 Å². The van der Waals surface area contributed by atoms with E-state index in [4.69, 9.17) is 5.73 Å². The molecule has 0 heterocycles. The maximum atomic E-state index is 13.8. The predicted octanol–water partition coefficient (Wildman–Crippen LogP) is 1.75. The van der Waals surface area contributed by atoms with Crippen molar-refractivity contribution in [1.29, 1.82) is 0 Å². The Bertz CT molecular complexity index is 568. The zero-order valence-electron chi connectivity index (χ0n) is 10.9. The second kappa shape index (κ2) is 5.19. The van der Waals surface area contributed by atoms with Crippen LogP contribution in [-0.2, 0) is 16.6 Å². The van der Waals surface area contributed by atoms with E-state index in [-0.39, 0.29) is 16.9 Å². The van der Waals surface area contributed by atoms with E-state index >= 15 is 0 Å². The molecule has 0 saturated heterocycles. The molecule has 0 aliphatic heterocycles. The van der Waals surface area contributed by atoms with Crippen molar-refractivity contribution < 1.29 is 12.8 Å². The minimum absolute atomic E-state index is 0.0146. The fourth-order valence-electron chi connectivity index (χ4n) is 2.19. The van der Waals surface area contributed by atoms with E-state index in [9.17, 15) is 12.8 Å². The van der Waals surface area contributed by atoms with Crippen LogP contribution in [0.4, 0.5) is 4.39 Å². The normalized spacial score (nSPS) is 18.1. The number of nitrogens with two attached hydrogens (primary N) is 1. The van der Waals surface area contributed by atoms with Gasteiger partial charge in [-0.2, -0.15) is 0 Å². The van der Waals surface area contributed by atoms with Gasteiger partial charge in [-0.3, -0.25) is 0 Å². The topological polar surface area (TPSA) is 72.2 Å². The van der Waals surface area contributed by atoms with Crippen LogP contribution >= 0.6 is 0 Å². The van der Waals surface area contributed by atoms with Crippen LogP contribution in [-0.4, -0.2) is 15.0 Å². The van der Waals surface area contributed by atoms with Gasteiger partial charge >= 0.3 is 0 Å². The summed E-state index contributed by atoms with van der Waals surface area (Å²) >= 11 is 0. The van der Waals surface area contributed by atoms with E-state index in [0.717, 1.165) is 19.3 Å². The molecule has 0 spiro atoms. The zero-order valence-corrected chi connectivity index (χ0v) is 11.8. The van der Waals surface area contributed by atoms with E-state index in [2.05, 4.69) is 4.72 Å². The van der Waals surface area contributed by atoms with Crippen LogP contribution in [0.3, 0.4) is 0 Å². The number of rotatable bonds is 5. The van der Waals surface area contributed by atoms with Gasteiger partial charge in [0.2, 0.25) is 10.0 Å². The summed E-state index contributed by atoms with van der Waals surface area (Å²) < 4.78 is 40.4. The Morgan fingerprint density at radius 1 is 1.42 bits per heavy atom. The first-order chi connectivity index (χ1) is 8.86. The Kier molecular flexibility index (Phi) is 3.94. The van der Waals surface area contributed by atoms with Crippen LogP contribution in [0.2, 0.25) is 0 Å². The second-order valence-electron chi connectivity index (χ2n) is 5.46. The first kappa shape index (κ1) is 14.4. The summed E-state index contributed by atoms with van der Waals surface area (Å²) in [5.41, 5.74) is 5.97. The molecule has 1 fully saturated rings. The van der Waals surface area contributed by atoms with E-state index in [1.54, 1.807) is 0 Å². The molecule has 19 heavy (non-hydrogen) atoms. The van der Waals surface area contributed by atoms with Crippen LogP contribution in [0, 0.1) is 11.2 Å². The van der Waals surface area contributed by atoms with Crippen LogP contribution in [0.5, 0.6) is 0 Å². The smallest absolute Gasteiger partial charge is 0.243 e. The molecule has 0 unspecified atom stereocenters. The standard InChI is InChI=1S/C13H19FN2O2S/c1-13(5-2-6-13)9-16-19(17,18)12-4-3-10(8-15)7-11(12)14/h3-4,7,16H,2,5-6,8-9,15H2,1H3. The number of hydrogen-bond acceptors (Lipinski definition) is 3. The van der Waals surface area contributed by atoms with Crippen LogP contribution in [0.25, 0.3) is 0 Å². The first-order valence-electron chi connectivity index (χ1n) is 6.34. The Morgan fingerprint density at radius 3 is 2.58 bits per heavy atom. The molecule has 0 radical (unpaired) electrons. The lowest BCUT2D eigenvalue weighted by Gasteiger charge is -2.38. The molecule has 1 aliphatic carbocycles. The van der Waals surface area contributed by atoms with Crippen LogP contribution in [0.15, 0.2) is 23.1 Å². The summed E-state index contributed by atoms with van der Waals surface area (Å²) in [5.74, 6) is -0.755. The van der Waals surface area contributed by atoms with Crippen molar-refractivity contribution in [3.05, 3.63) is 29.6 Å². The predicted molar refractivity (Wildman–Crippen MR) is 71.4 cm³/mol. The molecule has 1 saturated carbocycles. The second-order valence-corrected chi connectivity index (χ2v) is 7.19. The molecule has 2 rings (SSSR count). The Hall–Kier alpha value is -0.980. The van der Waals surface area contributed by atoms with Crippen molar-refractivity contribution in [2.45, 2.75) is 37.6 Å². The molecule has 1 aromatic rings. The number of nitrogens with one attached hydrogen (secondary N) is 1. The Balaban J connectivity index is 2.15. The molecular weight excluding hydrogens is 267 g/mol. The van der Waals surface area contributed by atoms with Gasteiger partial charge in [-0.15, -0.1) is 0 Å². The summed E-state index contributed by atoms with van der Waals surface area (Å²) in [6, 6.07) is 3.96. The molecule has 1 aromatic carbocycles. The van der Waals surface area contributed by atoms with Crippen molar-refractivity contribution in [3.63, 3.8) is 0 Å². The monoisotopic (exact) mass is 286 g/mol. The average Bonchev–Trinajstić information content (AvgIpc) is 2.33. The lowest BCUT2D eigenvalue weighted by atomic mass is 9.71. The highest BCUT2D eigenvalue weighted by Gasteiger charge is 2.33. The Morgan fingerprint density at radius 2 is 2.11 bits per heavy atom. The molecule has 1 aliphatic rings. The van der Waals surface area contributed by atoms with Gasteiger partial charge in [-0.1, -0.05) is 19.4 Å². The fourth-order valence-corrected chi connectivity index (χ4v) is 3.45. The molecule has 0 aromatic heterocycles. The largest absolute Gasteiger partial charge is 0.326 e. The number of halogens is 1. The van der Waals surface area contributed by atoms with Gasteiger partial charge in [0.15, 0.2) is 0 Å². The minimum Gasteiger partial charge on any atom is -0.326 e. The van der Waals surface area contributed by atoms with Gasteiger partial charge in [-0.05, 0) is 36.0 Å². The van der Waals surface area contributed by atoms with E-state index in [0.29, 0.717) is 12.1 Å². The molecule has 0 atom stereocenters. The average molecular weight is 286 g/mol. The highest BCUT2D eigenvalue weighted by Crippen LogP contribution is 2.39. The fraction of sp³-hybridized carbons (Fsp3) is 0.538. The van der Waals surface area contributed by atoms with E-state index in [1.165, 1.54) is 18.2 Å². The molecule has 3 N–H and O–H groups in total. The number of benzene rings is 1. The molecule has 0 bridgehead atoms. The van der Waals surface area contributed by atoms with Crippen LogP contribution in [0.1, 0.15) is 31.7 Å². The summed E-state index contributed by atoms with van der Waals surface area (Å²) in [7, 11) is -3.79. The van der Waals surface area contributed by atoms with Gasteiger partial charge in [0, 0.05) is 13.1 Å². The van der Waals surface area contributed by atoms with Gasteiger partial charge in [-0.25, -0.2) is 17.5 Å². The van der Waals surface area contributed by atoms with Gasteiger partial charge in [0.25, 0.3) is 0 Å². The number of hydrogen-bond donors (Lipinski definition) is 2. The SMILES string of the molecule is CC1(CNS(=O)(=O)c2ccc(CN)cc2F)CCC1. The van der Waals surface area contributed by atoms with Crippen molar-refractivity contribution in [2.75, 3.05) is 6.54 Å². The third kappa shape index (κ3) is 3.13. The number of sulfonamides is 1. The molecule has 106 valence electrons. The highest BCUT2D eigenvalue weighted by molar-refractivity contribution is 7.89. The lowest BCUT2D eigenvalue weighted by Crippen LogP contribution is -2.40. The summed E-state index contributed by atoms with van der Waals surface area (Å²) in [6.07, 6.45) is 3.13. The van der Waals surface area contributed by atoms with Gasteiger partial charge in [0.05, 0.1) is 0 Å².